The van der Waals surface area contributed by atoms with E-state index in [0.29, 0.717) is 54.3 Å². The zero-order valence-corrected chi connectivity index (χ0v) is 21.0. The first kappa shape index (κ1) is 24.1. The Hall–Kier alpha value is -3.63. The zero-order chi connectivity index (χ0) is 25.2. The highest BCUT2D eigenvalue weighted by Crippen LogP contribution is 2.46. The number of anilines is 3. The van der Waals surface area contributed by atoms with Gasteiger partial charge in [0.25, 0.3) is 0 Å². The molecule has 0 saturated carbocycles. The Bertz CT molecular complexity index is 1290. The Balaban J connectivity index is 1.54. The van der Waals surface area contributed by atoms with E-state index >= 15 is 0 Å². The lowest BCUT2D eigenvalue weighted by molar-refractivity contribution is -0.110. The summed E-state index contributed by atoms with van der Waals surface area (Å²) in [5.41, 5.74) is 4.28. The minimum atomic E-state index is -0.139. The summed E-state index contributed by atoms with van der Waals surface area (Å²) in [6.07, 6.45) is 5.06. The Morgan fingerprint density at radius 2 is 2.03 bits per heavy atom. The highest BCUT2D eigenvalue weighted by atomic mass is 35.5. The standard InChI is InChI=1S/C25H27ClN6O4/c1-14-6-17-23-15(10-28-25(31-23)30-19-12-36-5-4-18(19)29-13-33)11-32(24(17)27-9-14)20-7-16(34-2)8-21(35-3)22(20)26/h6-10,13,18-19H,4-5,11-12H2,1-3H3,(H,29,33)(H,28,30,31). The number of hydrogen-bond acceptors (Lipinski definition) is 9. The molecule has 1 saturated heterocycles. The van der Waals surface area contributed by atoms with Gasteiger partial charge in [-0.05, 0) is 25.0 Å². The van der Waals surface area contributed by atoms with E-state index in [2.05, 4.69) is 21.7 Å². The lowest BCUT2D eigenvalue weighted by atomic mass is 10.0. The number of carbonyl (C=O) groups is 1. The largest absolute Gasteiger partial charge is 0.497 e. The number of rotatable bonds is 7. The first-order valence-corrected chi connectivity index (χ1v) is 12.0. The smallest absolute Gasteiger partial charge is 0.223 e. The summed E-state index contributed by atoms with van der Waals surface area (Å²) in [6, 6.07) is 5.46. The summed E-state index contributed by atoms with van der Waals surface area (Å²) in [6.45, 7) is 3.49. The number of amides is 1. The number of hydrogen-bond donors (Lipinski definition) is 2. The molecule has 0 spiro atoms. The SMILES string of the molecule is COc1cc(OC)c(Cl)c(N2Cc3cnc(NC4COCCC4NC=O)nc3-c3cc(C)cnc32)c1. The van der Waals surface area contributed by atoms with Crippen LogP contribution in [0.4, 0.5) is 17.5 Å². The summed E-state index contributed by atoms with van der Waals surface area (Å²) >= 11 is 6.74. The molecule has 10 nitrogen and oxygen atoms in total. The fourth-order valence-corrected chi connectivity index (χ4v) is 4.86. The van der Waals surface area contributed by atoms with Crippen molar-refractivity contribution in [2.24, 2.45) is 0 Å². The summed E-state index contributed by atoms with van der Waals surface area (Å²) in [5.74, 6) is 2.31. The maximum absolute atomic E-state index is 11.0. The Morgan fingerprint density at radius 3 is 2.81 bits per heavy atom. The molecule has 1 fully saturated rings. The second-order valence-corrected chi connectivity index (χ2v) is 9.08. The van der Waals surface area contributed by atoms with E-state index in [9.17, 15) is 4.79 Å². The van der Waals surface area contributed by atoms with Crippen molar-refractivity contribution in [3.05, 3.63) is 46.7 Å². The van der Waals surface area contributed by atoms with E-state index in [-0.39, 0.29) is 12.1 Å². The number of nitrogens with one attached hydrogen (secondary N) is 2. The molecule has 0 aliphatic carbocycles. The van der Waals surface area contributed by atoms with Crippen LogP contribution in [0.2, 0.25) is 5.02 Å². The van der Waals surface area contributed by atoms with Crippen molar-refractivity contribution in [2.45, 2.75) is 32.0 Å². The Morgan fingerprint density at radius 1 is 1.17 bits per heavy atom. The zero-order valence-electron chi connectivity index (χ0n) is 20.2. The molecule has 188 valence electrons. The van der Waals surface area contributed by atoms with Gasteiger partial charge in [-0.2, -0.15) is 0 Å². The normalized spacial score (nSPS) is 18.6. The average molecular weight is 511 g/mol. The van der Waals surface area contributed by atoms with Crippen LogP contribution in [0.1, 0.15) is 17.5 Å². The lowest BCUT2D eigenvalue weighted by Gasteiger charge is -2.33. The number of pyridine rings is 1. The van der Waals surface area contributed by atoms with E-state index < -0.39 is 0 Å². The molecular formula is C25H27ClN6O4. The van der Waals surface area contributed by atoms with Gasteiger partial charge in [0.2, 0.25) is 12.4 Å². The van der Waals surface area contributed by atoms with Crippen molar-refractivity contribution in [1.82, 2.24) is 20.3 Å². The highest BCUT2D eigenvalue weighted by molar-refractivity contribution is 6.35. The topological polar surface area (TPSA) is 111 Å². The van der Waals surface area contributed by atoms with E-state index in [1.165, 1.54) is 0 Å². The maximum atomic E-state index is 11.0. The quantitative estimate of drug-likeness (QED) is 0.461. The van der Waals surface area contributed by atoms with Gasteiger partial charge in [-0.25, -0.2) is 15.0 Å². The molecule has 2 aliphatic rings. The molecule has 2 aliphatic heterocycles. The molecule has 11 heteroatoms. The Labute approximate surface area is 214 Å². The number of benzene rings is 1. The van der Waals surface area contributed by atoms with Crippen molar-refractivity contribution in [3.63, 3.8) is 0 Å². The van der Waals surface area contributed by atoms with Crippen LogP contribution in [0.3, 0.4) is 0 Å². The third kappa shape index (κ3) is 4.49. The number of ether oxygens (including phenoxy) is 3. The van der Waals surface area contributed by atoms with Crippen LogP contribution in [-0.4, -0.2) is 60.9 Å². The summed E-state index contributed by atoms with van der Waals surface area (Å²) in [4.78, 5) is 27.2. The van der Waals surface area contributed by atoms with E-state index in [1.54, 1.807) is 26.5 Å². The molecule has 1 aromatic carbocycles. The fraction of sp³-hybridized carbons (Fsp3) is 0.360. The van der Waals surface area contributed by atoms with Gasteiger partial charge in [0.05, 0.1) is 50.8 Å². The van der Waals surface area contributed by atoms with Crippen molar-refractivity contribution in [3.8, 4) is 22.8 Å². The maximum Gasteiger partial charge on any atom is 0.223 e. The van der Waals surface area contributed by atoms with Crippen LogP contribution in [0.15, 0.2) is 30.6 Å². The van der Waals surface area contributed by atoms with Gasteiger partial charge < -0.3 is 29.7 Å². The monoisotopic (exact) mass is 510 g/mol. The van der Waals surface area contributed by atoms with Crippen molar-refractivity contribution >= 4 is 35.5 Å². The summed E-state index contributed by atoms with van der Waals surface area (Å²) < 4.78 is 16.6. The number of fused-ring (bicyclic) bond motifs is 3. The van der Waals surface area contributed by atoms with Gasteiger partial charge >= 0.3 is 0 Å². The molecule has 3 aromatic rings. The molecule has 0 bridgehead atoms. The molecule has 5 rings (SSSR count). The van der Waals surface area contributed by atoms with Gasteiger partial charge in [0.1, 0.15) is 22.3 Å². The van der Waals surface area contributed by atoms with Crippen molar-refractivity contribution in [2.75, 3.05) is 37.7 Å². The van der Waals surface area contributed by atoms with E-state index in [0.717, 1.165) is 34.6 Å². The summed E-state index contributed by atoms with van der Waals surface area (Å²) in [5, 5.41) is 6.66. The van der Waals surface area contributed by atoms with Crippen molar-refractivity contribution < 1.29 is 19.0 Å². The van der Waals surface area contributed by atoms with Crippen LogP contribution in [-0.2, 0) is 16.1 Å². The Kier molecular flexibility index (Phi) is 6.80. The van der Waals surface area contributed by atoms with Crippen LogP contribution in [0.5, 0.6) is 11.5 Å². The number of aromatic nitrogens is 3. The first-order chi connectivity index (χ1) is 17.5. The third-order valence-electron chi connectivity index (χ3n) is 6.40. The molecule has 2 atom stereocenters. The highest BCUT2D eigenvalue weighted by Gasteiger charge is 2.30. The summed E-state index contributed by atoms with van der Waals surface area (Å²) in [7, 11) is 3.17. The molecular weight excluding hydrogens is 484 g/mol. The number of nitrogens with zero attached hydrogens (tertiary/aromatic N) is 4. The minimum Gasteiger partial charge on any atom is -0.497 e. The second-order valence-electron chi connectivity index (χ2n) is 8.71. The molecule has 2 aromatic heterocycles. The molecule has 0 radical (unpaired) electrons. The van der Waals surface area contributed by atoms with Gasteiger partial charge in [0, 0.05) is 42.3 Å². The number of methoxy groups -OCH3 is 2. The molecule has 2 unspecified atom stereocenters. The fourth-order valence-electron chi connectivity index (χ4n) is 4.58. The predicted molar refractivity (Wildman–Crippen MR) is 136 cm³/mol. The molecule has 2 N–H and O–H groups in total. The molecule has 4 heterocycles. The number of carbonyl (C=O) groups excluding carboxylic acids is 1. The third-order valence-corrected chi connectivity index (χ3v) is 6.78. The van der Waals surface area contributed by atoms with Crippen LogP contribution >= 0.6 is 11.6 Å². The van der Waals surface area contributed by atoms with Gasteiger partial charge in [-0.15, -0.1) is 0 Å². The van der Waals surface area contributed by atoms with Gasteiger partial charge in [-0.3, -0.25) is 4.79 Å². The second kappa shape index (κ2) is 10.2. The number of aryl methyl sites for hydroxylation is 1. The van der Waals surface area contributed by atoms with Crippen LogP contribution in [0.25, 0.3) is 11.3 Å². The minimum absolute atomic E-state index is 0.0623. The predicted octanol–water partition coefficient (Wildman–Crippen LogP) is 3.48. The van der Waals surface area contributed by atoms with Crippen LogP contribution < -0.4 is 25.0 Å². The number of halogens is 1. The first-order valence-electron chi connectivity index (χ1n) is 11.6. The van der Waals surface area contributed by atoms with E-state index in [4.69, 9.17) is 35.8 Å². The van der Waals surface area contributed by atoms with Gasteiger partial charge in [-0.1, -0.05) is 11.6 Å². The molecule has 36 heavy (non-hydrogen) atoms. The lowest BCUT2D eigenvalue weighted by Crippen LogP contribution is -2.50. The van der Waals surface area contributed by atoms with Crippen LogP contribution in [0, 0.1) is 6.92 Å². The molecule has 1 amide bonds. The average Bonchev–Trinajstić information content (AvgIpc) is 2.90. The van der Waals surface area contributed by atoms with Gasteiger partial charge in [0.15, 0.2) is 0 Å². The van der Waals surface area contributed by atoms with Crippen molar-refractivity contribution in [1.29, 1.82) is 0 Å². The van der Waals surface area contributed by atoms with E-state index in [1.807, 2.05) is 24.1 Å².